The first-order chi connectivity index (χ1) is 23.8. The lowest BCUT2D eigenvalue weighted by Crippen LogP contribution is -2.56. The monoisotopic (exact) mass is 702 g/mol. The Labute approximate surface area is 296 Å². The molecule has 1 saturated carbocycles. The van der Waals surface area contributed by atoms with E-state index < -0.39 is 0 Å². The van der Waals surface area contributed by atoms with Crippen molar-refractivity contribution in [3.05, 3.63) is 76.2 Å². The predicted molar refractivity (Wildman–Crippen MR) is 190 cm³/mol. The van der Waals surface area contributed by atoms with Crippen LogP contribution in [0.1, 0.15) is 43.4 Å². The molecule has 0 atom stereocenters. The van der Waals surface area contributed by atoms with Crippen LogP contribution in [-0.4, -0.2) is 76.9 Å². The molecule has 3 aliphatic rings. The number of aromatic nitrogens is 3. The van der Waals surface area contributed by atoms with Crippen LogP contribution in [0, 0.1) is 5.41 Å². The molecular formula is C37H40Cl2N6O4. The van der Waals surface area contributed by atoms with E-state index in [1.165, 1.54) is 0 Å². The van der Waals surface area contributed by atoms with Gasteiger partial charge in [-0.2, -0.15) is 0 Å². The SMILES string of the molecule is COc1cc(-c2nccc(-c3cccc(-c4ccc(CN5CC6(CNC(=O)C6)C5)c(OC)n4)c3Cl)c2Cl)cnc1CN[C@H]1CC[C@H](O)CC1. The van der Waals surface area contributed by atoms with Crippen LogP contribution in [0.15, 0.2) is 54.9 Å². The lowest BCUT2D eigenvalue weighted by molar-refractivity contribution is -0.120. The Morgan fingerprint density at radius 3 is 2.51 bits per heavy atom. The molecule has 4 aromatic rings. The third kappa shape index (κ3) is 6.98. The van der Waals surface area contributed by atoms with Gasteiger partial charge in [-0.25, -0.2) is 4.98 Å². The fourth-order valence-electron chi connectivity index (χ4n) is 7.37. The summed E-state index contributed by atoms with van der Waals surface area (Å²) in [5.41, 5.74) is 6.06. The van der Waals surface area contributed by atoms with E-state index in [0.29, 0.717) is 58.6 Å². The lowest BCUT2D eigenvalue weighted by atomic mass is 9.79. The van der Waals surface area contributed by atoms with Gasteiger partial charge in [0, 0.05) is 90.8 Å². The third-order valence-corrected chi connectivity index (χ3v) is 10.8. The molecule has 0 unspecified atom stereocenters. The minimum absolute atomic E-state index is 0.0596. The number of carbonyl (C=O) groups excluding carboxylic acids is 1. The highest BCUT2D eigenvalue weighted by Gasteiger charge is 2.48. The van der Waals surface area contributed by atoms with Crippen molar-refractivity contribution >= 4 is 29.1 Å². The molecule has 1 spiro atoms. The number of pyridine rings is 3. The van der Waals surface area contributed by atoms with Crippen LogP contribution in [0.25, 0.3) is 33.6 Å². The van der Waals surface area contributed by atoms with E-state index in [9.17, 15) is 9.90 Å². The van der Waals surface area contributed by atoms with Gasteiger partial charge in [-0.05, 0) is 43.9 Å². The molecule has 1 amide bonds. The summed E-state index contributed by atoms with van der Waals surface area (Å²) in [6.45, 7) is 3.74. The summed E-state index contributed by atoms with van der Waals surface area (Å²) in [7, 11) is 3.25. The van der Waals surface area contributed by atoms with E-state index in [1.54, 1.807) is 26.6 Å². The van der Waals surface area contributed by atoms with Crippen LogP contribution in [0.4, 0.5) is 0 Å². The third-order valence-electron chi connectivity index (χ3n) is 9.97. The van der Waals surface area contributed by atoms with Crippen molar-refractivity contribution in [1.82, 2.24) is 30.5 Å². The molecule has 1 aliphatic carbocycles. The lowest BCUT2D eigenvalue weighted by Gasteiger charge is -2.47. The second kappa shape index (κ2) is 14.2. The van der Waals surface area contributed by atoms with Crippen LogP contribution in [0.3, 0.4) is 0 Å². The smallest absolute Gasteiger partial charge is 0.220 e. The fourth-order valence-corrected chi connectivity index (χ4v) is 8.02. The summed E-state index contributed by atoms with van der Waals surface area (Å²) in [6.07, 6.45) is 7.39. The van der Waals surface area contributed by atoms with Gasteiger partial charge in [0.15, 0.2) is 0 Å². The molecule has 12 heteroatoms. The number of halogens is 2. The first kappa shape index (κ1) is 33.7. The van der Waals surface area contributed by atoms with Crippen molar-refractivity contribution in [1.29, 1.82) is 0 Å². The Bertz CT molecular complexity index is 1860. The second-order valence-electron chi connectivity index (χ2n) is 13.4. The summed E-state index contributed by atoms with van der Waals surface area (Å²) >= 11 is 14.2. The molecule has 256 valence electrons. The second-order valence-corrected chi connectivity index (χ2v) is 14.2. The van der Waals surface area contributed by atoms with Crippen LogP contribution in [0.5, 0.6) is 11.6 Å². The molecule has 2 aliphatic heterocycles. The molecule has 2 saturated heterocycles. The van der Waals surface area contributed by atoms with Gasteiger partial charge in [0.25, 0.3) is 0 Å². The maximum absolute atomic E-state index is 11.7. The number of aliphatic hydroxyl groups excluding tert-OH is 1. The highest BCUT2D eigenvalue weighted by Crippen LogP contribution is 2.43. The highest BCUT2D eigenvalue weighted by atomic mass is 35.5. The quantitative estimate of drug-likeness (QED) is 0.185. The fraction of sp³-hybridized carbons (Fsp3) is 0.405. The topological polar surface area (TPSA) is 122 Å². The summed E-state index contributed by atoms with van der Waals surface area (Å²) in [4.78, 5) is 28.2. The molecule has 0 radical (unpaired) electrons. The van der Waals surface area contributed by atoms with Crippen LogP contribution < -0.4 is 20.1 Å². The zero-order valence-corrected chi connectivity index (χ0v) is 29.2. The van der Waals surface area contributed by atoms with E-state index in [1.807, 2.05) is 42.5 Å². The number of ether oxygens (including phenoxy) is 2. The normalized spacial score (nSPS) is 20.2. The molecule has 1 aromatic carbocycles. The van der Waals surface area contributed by atoms with Crippen molar-refractivity contribution in [3.63, 3.8) is 0 Å². The minimum atomic E-state index is -0.194. The van der Waals surface area contributed by atoms with Gasteiger partial charge in [-0.1, -0.05) is 47.5 Å². The largest absolute Gasteiger partial charge is 0.495 e. The van der Waals surface area contributed by atoms with Gasteiger partial charge in [0.05, 0.1) is 47.5 Å². The highest BCUT2D eigenvalue weighted by molar-refractivity contribution is 6.39. The maximum Gasteiger partial charge on any atom is 0.220 e. The van der Waals surface area contributed by atoms with Crippen LogP contribution in [0.2, 0.25) is 10.0 Å². The van der Waals surface area contributed by atoms with E-state index in [0.717, 1.165) is 78.8 Å². The molecule has 49 heavy (non-hydrogen) atoms. The molecule has 10 nitrogen and oxygen atoms in total. The van der Waals surface area contributed by atoms with Crippen LogP contribution >= 0.6 is 23.2 Å². The van der Waals surface area contributed by atoms with Crippen molar-refractivity contribution in [2.24, 2.45) is 5.41 Å². The van der Waals surface area contributed by atoms with Gasteiger partial charge < -0.3 is 25.2 Å². The van der Waals surface area contributed by atoms with Crippen molar-refractivity contribution < 1.29 is 19.4 Å². The van der Waals surface area contributed by atoms with E-state index in [4.69, 9.17) is 42.6 Å². The maximum atomic E-state index is 11.7. The average molecular weight is 704 g/mol. The molecule has 3 N–H and O–H groups in total. The Morgan fingerprint density at radius 1 is 1.00 bits per heavy atom. The zero-order chi connectivity index (χ0) is 34.1. The predicted octanol–water partition coefficient (Wildman–Crippen LogP) is 5.91. The Morgan fingerprint density at radius 2 is 1.78 bits per heavy atom. The molecular weight excluding hydrogens is 663 g/mol. The number of carbonyl (C=O) groups is 1. The van der Waals surface area contributed by atoms with E-state index in [2.05, 4.69) is 20.5 Å². The summed E-state index contributed by atoms with van der Waals surface area (Å²) in [5, 5.41) is 17.3. The number of aliphatic hydroxyl groups is 1. The van der Waals surface area contributed by atoms with Crippen molar-refractivity contribution in [3.8, 4) is 45.3 Å². The Kier molecular flexibility index (Phi) is 9.77. The Balaban J connectivity index is 1.10. The molecule has 3 fully saturated rings. The average Bonchev–Trinajstić information content (AvgIpc) is 3.50. The number of hydrogen-bond donors (Lipinski definition) is 3. The number of rotatable bonds is 10. The van der Waals surface area contributed by atoms with Crippen LogP contribution in [-0.2, 0) is 17.9 Å². The van der Waals surface area contributed by atoms with E-state index in [-0.39, 0.29) is 17.4 Å². The van der Waals surface area contributed by atoms with Gasteiger partial charge in [-0.3, -0.25) is 19.7 Å². The number of hydrogen-bond acceptors (Lipinski definition) is 9. The summed E-state index contributed by atoms with van der Waals surface area (Å²) in [5.74, 6) is 1.33. The van der Waals surface area contributed by atoms with Crippen molar-refractivity contribution in [2.45, 2.75) is 57.3 Å². The Hall–Kier alpha value is -3.80. The molecule has 0 bridgehead atoms. The number of nitrogens with zero attached hydrogens (tertiary/aromatic N) is 4. The van der Waals surface area contributed by atoms with Gasteiger partial charge in [0.1, 0.15) is 5.75 Å². The van der Waals surface area contributed by atoms with Crippen molar-refractivity contribution in [2.75, 3.05) is 33.9 Å². The zero-order valence-electron chi connectivity index (χ0n) is 27.6. The first-order valence-electron chi connectivity index (χ1n) is 16.7. The van der Waals surface area contributed by atoms with Gasteiger partial charge in [0.2, 0.25) is 11.8 Å². The number of benzene rings is 1. The minimum Gasteiger partial charge on any atom is -0.495 e. The molecule has 7 rings (SSSR count). The number of amides is 1. The van der Waals surface area contributed by atoms with Gasteiger partial charge >= 0.3 is 0 Å². The first-order valence-corrected chi connectivity index (χ1v) is 17.4. The molecule has 5 heterocycles. The van der Waals surface area contributed by atoms with E-state index >= 15 is 0 Å². The number of methoxy groups -OCH3 is 2. The molecule has 3 aromatic heterocycles. The number of nitrogens with one attached hydrogen (secondary N) is 2. The van der Waals surface area contributed by atoms with Gasteiger partial charge in [-0.15, -0.1) is 0 Å². The standard InChI is InChI=1S/C37H40Cl2N6O4/c1-48-31-14-23(16-42-30(31)17-41-24-7-9-25(46)10-8-24)35-34(39)27(12-13-40-35)26-4-3-5-28(33(26)38)29-11-6-22(36(44-29)49-2)18-45-20-37(21-45)15-32(47)43-19-37/h3-6,11-14,16,24-25,41,46H,7-10,15,17-21H2,1-2H3,(H,43,47)/t24-,25-. The number of likely N-dealkylation sites (tertiary alicyclic amines) is 1. The summed E-state index contributed by atoms with van der Waals surface area (Å²) < 4.78 is 11.4. The summed E-state index contributed by atoms with van der Waals surface area (Å²) in [6, 6.07) is 13.9.